The van der Waals surface area contributed by atoms with Gasteiger partial charge in [0.05, 0.1) is 5.69 Å². The predicted molar refractivity (Wildman–Crippen MR) is 57.3 cm³/mol. The van der Waals surface area contributed by atoms with Crippen LogP contribution in [0.4, 0.5) is 0 Å². The highest BCUT2D eigenvalue weighted by Crippen LogP contribution is 2.09. The summed E-state index contributed by atoms with van der Waals surface area (Å²) in [6, 6.07) is 10.7. The third-order valence-electron chi connectivity index (χ3n) is 2.26. The standard InChI is InChI=1S/C12H14N2/c1-9-3-5-11(6-4-9)8-12-7-10(2)13-14-12/h3-7H,8H2,1-2H3,(H,13,14). The zero-order valence-electron chi connectivity index (χ0n) is 8.54. The second-order valence-corrected chi connectivity index (χ2v) is 3.70. The van der Waals surface area contributed by atoms with Crippen LogP contribution in [0.2, 0.25) is 0 Å². The summed E-state index contributed by atoms with van der Waals surface area (Å²) >= 11 is 0. The normalized spacial score (nSPS) is 10.4. The van der Waals surface area contributed by atoms with Gasteiger partial charge in [-0.25, -0.2) is 0 Å². The van der Waals surface area contributed by atoms with Gasteiger partial charge < -0.3 is 0 Å². The second-order valence-electron chi connectivity index (χ2n) is 3.70. The lowest BCUT2D eigenvalue weighted by atomic mass is 10.1. The molecule has 0 bridgehead atoms. The van der Waals surface area contributed by atoms with Gasteiger partial charge in [-0.15, -0.1) is 0 Å². The summed E-state index contributed by atoms with van der Waals surface area (Å²) in [6.07, 6.45) is 0.907. The summed E-state index contributed by atoms with van der Waals surface area (Å²) in [6.45, 7) is 4.12. The second kappa shape index (κ2) is 3.66. The average Bonchev–Trinajstić information content (AvgIpc) is 2.56. The van der Waals surface area contributed by atoms with Gasteiger partial charge in [-0.05, 0) is 25.5 Å². The van der Waals surface area contributed by atoms with Gasteiger partial charge in [0.1, 0.15) is 0 Å². The number of nitrogens with zero attached hydrogens (tertiary/aromatic N) is 1. The molecule has 0 unspecified atom stereocenters. The number of aromatic nitrogens is 2. The van der Waals surface area contributed by atoms with Crippen molar-refractivity contribution < 1.29 is 0 Å². The molecule has 0 atom stereocenters. The van der Waals surface area contributed by atoms with Crippen LogP contribution in [0.3, 0.4) is 0 Å². The molecule has 72 valence electrons. The SMILES string of the molecule is Cc1ccc(Cc2cc(C)[nH]n2)cc1. The van der Waals surface area contributed by atoms with E-state index in [2.05, 4.69) is 47.5 Å². The summed E-state index contributed by atoms with van der Waals surface area (Å²) in [5.41, 5.74) is 4.83. The number of H-pyrrole nitrogens is 1. The zero-order valence-corrected chi connectivity index (χ0v) is 8.54. The molecule has 0 radical (unpaired) electrons. The molecule has 1 N–H and O–H groups in total. The van der Waals surface area contributed by atoms with Crippen LogP contribution in [0, 0.1) is 13.8 Å². The van der Waals surface area contributed by atoms with Gasteiger partial charge in [0.15, 0.2) is 0 Å². The van der Waals surface area contributed by atoms with Crippen molar-refractivity contribution in [1.82, 2.24) is 10.2 Å². The van der Waals surface area contributed by atoms with E-state index in [1.165, 1.54) is 11.1 Å². The van der Waals surface area contributed by atoms with E-state index in [4.69, 9.17) is 0 Å². The van der Waals surface area contributed by atoms with Gasteiger partial charge >= 0.3 is 0 Å². The van der Waals surface area contributed by atoms with Gasteiger partial charge in [0, 0.05) is 12.1 Å². The zero-order chi connectivity index (χ0) is 9.97. The minimum absolute atomic E-state index is 0.907. The Morgan fingerprint density at radius 1 is 1.14 bits per heavy atom. The van der Waals surface area contributed by atoms with Crippen molar-refractivity contribution >= 4 is 0 Å². The number of benzene rings is 1. The topological polar surface area (TPSA) is 28.7 Å². The monoisotopic (exact) mass is 186 g/mol. The average molecular weight is 186 g/mol. The van der Waals surface area contributed by atoms with Crippen molar-refractivity contribution in [2.75, 3.05) is 0 Å². The van der Waals surface area contributed by atoms with Crippen molar-refractivity contribution in [3.63, 3.8) is 0 Å². The van der Waals surface area contributed by atoms with E-state index in [-0.39, 0.29) is 0 Å². The fourth-order valence-corrected chi connectivity index (χ4v) is 1.48. The molecule has 2 rings (SSSR count). The Balaban J connectivity index is 2.15. The molecule has 0 aliphatic rings. The molecule has 2 heteroatoms. The Morgan fingerprint density at radius 3 is 2.43 bits per heavy atom. The predicted octanol–water partition coefficient (Wildman–Crippen LogP) is 2.62. The molecule has 0 amide bonds. The van der Waals surface area contributed by atoms with Crippen LogP contribution in [0.25, 0.3) is 0 Å². The molecule has 2 nitrogen and oxygen atoms in total. The van der Waals surface area contributed by atoms with Crippen molar-refractivity contribution in [3.05, 3.63) is 52.8 Å². The first kappa shape index (κ1) is 9.00. The van der Waals surface area contributed by atoms with Gasteiger partial charge in [-0.1, -0.05) is 29.8 Å². The van der Waals surface area contributed by atoms with Crippen LogP contribution in [0.5, 0.6) is 0 Å². The van der Waals surface area contributed by atoms with Crippen LogP contribution in [-0.4, -0.2) is 10.2 Å². The molecule has 14 heavy (non-hydrogen) atoms. The van der Waals surface area contributed by atoms with Crippen molar-refractivity contribution in [1.29, 1.82) is 0 Å². The minimum atomic E-state index is 0.907. The molecule has 0 saturated carbocycles. The Labute approximate surface area is 84.0 Å². The van der Waals surface area contributed by atoms with Crippen molar-refractivity contribution in [3.8, 4) is 0 Å². The number of hydrogen-bond acceptors (Lipinski definition) is 1. The van der Waals surface area contributed by atoms with E-state index < -0.39 is 0 Å². The largest absolute Gasteiger partial charge is 0.283 e. The van der Waals surface area contributed by atoms with E-state index in [0.717, 1.165) is 17.8 Å². The molecule has 0 saturated heterocycles. The van der Waals surface area contributed by atoms with Crippen LogP contribution >= 0.6 is 0 Å². The molecule has 0 aliphatic carbocycles. The fourth-order valence-electron chi connectivity index (χ4n) is 1.48. The number of rotatable bonds is 2. The first-order valence-corrected chi connectivity index (χ1v) is 4.80. The van der Waals surface area contributed by atoms with Crippen molar-refractivity contribution in [2.45, 2.75) is 20.3 Å². The highest BCUT2D eigenvalue weighted by Gasteiger charge is 1.99. The van der Waals surface area contributed by atoms with E-state index >= 15 is 0 Å². The van der Waals surface area contributed by atoms with Crippen LogP contribution in [-0.2, 0) is 6.42 Å². The summed E-state index contributed by atoms with van der Waals surface area (Å²) in [4.78, 5) is 0. The maximum absolute atomic E-state index is 4.21. The Bertz CT molecular complexity index is 412. The van der Waals surface area contributed by atoms with Crippen molar-refractivity contribution in [2.24, 2.45) is 0 Å². The first-order valence-electron chi connectivity index (χ1n) is 4.80. The Kier molecular flexibility index (Phi) is 2.35. The molecule has 2 aromatic rings. The molecule has 0 aliphatic heterocycles. The third kappa shape index (κ3) is 2.02. The molecular formula is C12H14N2. The number of aryl methyl sites for hydroxylation is 2. The maximum Gasteiger partial charge on any atom is 0.0668 e. The molecule has 0 spiro atoms. The quantitative estimate of drug-likeness (QED) is 0.767. The smallest absolute Gasteiger partial charge is 0.0668 e. The Morgan fingerprint density at radius 2 is 1.86 bits per heavy atom. The maximum atomic E-state index is 4.21. The molecule has 0 fully saturated rings. The summed E-state index contributed by atoms with van der Waals surface area (Å²) < 4.78 is 0. The molecule has 1 aromatic carbocycles. The highest BCUT2D eigenvalue weighted by molar-refractivity contribution is 5.25. The lowest BCUT2D eigenvalue weighted by Gasteiger charge is -1.98. The molecular weight excluding hydrogens is 172 g/mol. The van der Waals surface area contributed by atoms with Gasteiger partial charge in [-0.2, -0.15) is 5.10 Å². The fraction of sp³-hybridized carbons (Fsp3) is 0.250. The van der Waals surface area contributed by atoms with Crippen LogP contribution in [0.1, 0.15) is 22.5 Å². The number of aromatic amines is 1. The van der Waals surface area contributed by atoms with E-state index in [9.17, 15) is 0 Å². The van der Waals surface area contributed by atoms with Crippen LogP contribution in [0.15, 0.2) is 30.3 Å². The lowest BCUT2D eigenvalue weighted by molar-refractivity contribution is 0.979. The summed E-state index contributed by atoms with van der Waals surface area (Å²) in [7, 11) is 0. The lowest BCUT2D eigenvalue weighted by Crippen LogP contribution is -1.88. The third-order valence-corrected chi connectivity index (χ3v) is 2.26. The summed E-state index contributed by atoms with van der Waals surface area (Å²) in [5, 5.41) is 7.16. The van der Waals surface area contributed by atoms with E-state index in [1.54, 1.807) is 0 Å². The molecule has 1 aromatic heterocycles. The molecule has 1 heterocycles. The summed E-state index contributed by atoms with van der Waals surface area (Å²) in [5.74, 6) is 0. The van der Waals surface area contributed by atoms with E-state index in [1.807, 2.05) is 6.92 Å². The number of nitrogens with one attached hydrogen (secondary N) is 1. The minimum Gasteiger partial charge on any atom is -0.283 e. The highest BCUT2D eigenvalue weighted by atomic mass is 15.1. The van der Waals surface area contributed by atoms with Gasteiger partial charge in [-0.3, -0.25) is 5.10 Å². The number of hydrogen-bond donors (Lipinski definition) is 1. The first-order chi connectivity index (χ1) is 6.74. The van der Waals surface area contributed by atoms with E-state index in [0.29, 0.717) is 0 Å². The van der Waals surface area contributed by atoms with Gasteiger partial charge in [0.25, 0.3) is 0 Å². The van der Waals surface area contributed by atoms with Crippen LogP contribution < -0.4 is 0 Å². The van der Waals surface area contributed by atoms with Gasteiger partial charge in [0.2, 0.25) is 0 Å². The Hall–Kier alpha value is -1.57.